The first-order valence-corrected chi connectivity index (χ1v) is 7.45. The van der Waals surface area contributed by atoms with Crippen molar-refractivity contribution in [3.8, 4) is 5.75 Å². The van der Waals surface area contributed by atoms with Crippen LogP contribution in [-0.2, 0) is 6.61 Å². The Balaban J connectivity index is 1.67. The Kier molecular flexibility index (Phi) is 4.09. The summed E-state index contributed by atoms with van der Waals surface area (Å²) in [5, 5.41) is 6.81. The number of hydrogen-bond acceptors (Lipinski definition) is 5. The SMILES string of the molecule is Cc1nc(COc2ccccc2C(=O)NC(C)C2CC2)no1. The first kappa shape index (κ1) is 14.6. The largest absolute Gasteiger partial charge is 0.485 e. The number of nitrogens with one attached hydrogen (secondary N) is 1. The van der Waals surface area contributed by atoms with Crippen LogP contribution in [0, 0.1) is 12.8 Å². The van der Waals surface area contributed by atoms with E-state index in [1.807, 2.05) is 19.1 Å². The van der Waals surface area contributed by atoms with Gasteiger partial charge in [-0.15, -0.1) is 0 Å². The zero-order valence-electron chi connectivity index (χ0n) is 12.7. The molecule has 0 bridgehead atoms. The second-order valence-corrected chi connectivity index (χ2v) is 5.61. The van der Waals surface area contributed by atoms with Gasteiger partial charge in [-0.1, -0.05) is 17.3 Å². The fraction of sp³-hybridized carbons (Fsp3) is 0.438. The monoisotopic (exact) mass is 301 g/mol. The molecule has 1 aromatic carbocycles. The van der Waals surface area contributed by atoms with Gasteiger partial charge < -0.3 is 14.6 Å². The maximum atomic E-state index is 12.4. The van der Waals surface area contributed by atoms with E-state index in [2.05, 4.69) is 15.5 Å². The summed E-state index contributed by atoms with van der Waals surface area (Å²) in [4.78, 5) is 16.5. The summed E-state index contributed by atoms with van der Waals surface area (Å²) in [6.07, 6.45) is 2.38. The van der Waals surface area contributed by atoms with E-state index >= 15 is 0 Å². The lowest BCUT2D eigenvalue weighted by molar-refractivity contribution is 0.0931. The number of carbonyl (C=O) groups excluding carboxylic acids is 1. The van der Waals surface area contributed by atoms with Crippen molar-refractivity contribution in [3.05, 3.63) is 41.5 Å². The zero-order chi connectivity index (χ0) is 15.5. The first-order valence-electron chi connectivity index (χ1n) is 7.45. The number of aryl methyl sites for hydroxylation is 1. The summed E-state index contributed by atoms with van der Waals surface area (Å²) >= 11 is 0. The van der Waals surface area contributed by atoms with Crippen LogP contribution in [0.25, 0.3) is 0 Å². The summed E-state index contributed by atoms with van der Waals surface area (Å²) in [5.74, 6) is 1.96. The smallest absolute Gasteiger partial charge is 0.255 e. The minimum Gasteiger partial charge on any atom is -0.485 e. The van der Waals surface area contributed by atoms with Gasteiger partial charge in [0.2, 0.25) is 11.7 Å². The van der Waals surface area contributed by atoms with Crippen LogP contribution in [0.1, 0.15) is 41.8 Å². The molecule has 1 aliphatic rings. The molecule has 0 aliphatic heterocycles. The van der Waals surface area contributed by atoms with Crippen LogP contribution < -0.4 is 10.1 Å². The Morgan fingerprint density at radius 1 is 1.45 bits per heavy atom. The van der Waals surface area contributed by atoms with Crippen LogP contribution in [0.5, 0.6) is 5.75 Å². The number of para-hydroxylation sites is 1. The van der Waals surface area contributed by atoms with Gasteiger partial charge in [0, 0.05) is 13.0 Å². The van der Waals surface area contributed by atoms with Gasteiger partial charge in [-0.05, 0) is 37.8 Å². The Morgan fingerprint density at radius 2 is 2.23 bits per heavy atom. The van der Waals surface area contributed by atoms with Crippen molar-refractivity contribution >= 4 is 5.91 Å². The number of aromatic nitrogens is 2. The fourth-order valence-corrected chi connectivity index (χ4v) is 2.32. The zero-order valence-corrected chi connectivity index (χ0v) is 12.7. The summed E-state index contributed by atoms with van der Waals surface area (Å²) in [7, 11) is 0. The van der Waals surface area contributed by atoms with Gasteiger partial charge in [0.05, 0.1) is 5.56 Å². The van der Waals surface area contributed by atoms with E-state index in [9.17, 15) is 4.79 Å². The molecule has 116 valence electrons. The number of ether oxygens (including phenoxy) is 1. The average molecular weight is 301 g/mol. The third-order valence-corrected chi connectivity index (χ3v) is 3.75. The van der Waals surface area contributed by atoms with Crippen LogP contribution in [0.4, 0.5) is 0 Å². The molecule has 1 atom stereocenters. The van der Waals surface area contributed by atoms with Gasteiger partial charge >= 0.3 is 0 Å². The molecule has 1 saturated carbocycles. The molecule has 6 nitrogen and oxygen atoms in total. The summed E-state index contributed by atoms with van der Waals surface area (Å²) in [6.45, 7) is 3.93. The Hall–Kier alpha value is -2.37. The molecule has 1 aliphatic carbocycles. The summed E-state index contributed by atoms with van der Waals surface area (Å²) in [6, 6.07) is 7.37. The maximum absolute atomic E-state index is 12.4. The first-order chi connectivity index (χ1) is 10.6. The molecule has 1 fully saturated rings. The maximum Gasteiger partial charge on any atom is 0.255 e. The summed E-state index contributed by atoms with van der Waals surface area (Å²) < 4.78 is 10.6. The van der Waals surface area contributed by atoms with E-state index < -0.39 is 0 Å². The molecule has 22 heavy (non-hydrogen) atoms. The molecule has 1 aromatic heterocycles. The molecular formula is C16H19N3O3. The van der Waals surface area contributed by atoms with Crippen LogP contribution in [0.2, 0.25) is 0 Å². The minimum absolute atomic E-state index is 0.112. The topological polar surface area (TPSA) is 77.2 Å². The highest BCUT2D eigenvalue weighted by Gasteiger charge is 2.29. The van der Waals surface area contributed by atoms with E-state index in [1.54, 1.807) is 19.1 Å². The van der Waals surface area contributed by atoms with Crippen molar-refractivity contribution in [2.75, 3.05) is 0 Å². The standard InChI is InChI=1S/C16H19N3O3/c1-10(12-7-8-12)17-16(20)13-5-3-4-6-14(13)21-9-15-18-11(2)22-19-15/h3-6,10,12H,7-9H2,1-2H3,(H,17,20). The molecule has 6 heteroatoms. The molecule has 1 N–H and O–H groups in total. The number of hydrogen-bond donors (Lipinski definition) is 1. The van der Waals surface area contributed by atoms with Crippen molar-refractivity contribution < 1.29 is 14.1 Å². The number of amides is 1. The van der Waals surface area contributed by atoms with Gasteiger partial charge in [0.25, 0.3) is 5.91 Å². The number of rotatable bonds is 6. The van der Waals surface area contributed by atoms with Crippen molar-refractivity contribution in [1.29, 1.82) is 0 Å². The molecule has 1 unspecified atom stereocenters. The van der Waals surface area contributed by atoms with Crippen LogP contribution in [-0.4, -0.2) is 22.1 Å². The molecule has 1 amide bonds. The lowest BCUT2D eigenvalue weighted by atomic mass is 10.1. The van der Waals surface area contributed by atoms with Gasteiger partial charge in [-0.2, -0.15) is 4.98 Å². The van der Waals surface area contributed by atoms with Gasteiger partial charge in [0.15, 0.2) is 6.61 Å². The highest BCUT2D eigenvalue weighted by Crippen LogP contribution is 2.32. The Morgan fingerprint density at radius 3 is 2.91 bits per heavy atom. The lowest BCUT2D eigenvalue weighted by Gasteiger charge is -2.15. The second-order valence-electron chi connectivity index (χ2n) is 5.61. The second kappa shape index (κ2) is 6.17. The molecule has 3 rings (SSSR count). The number of carbonyl (C=O) groups is 1. The summed E-state index contributed by atoms with van der Waals surface area (Å²) in [5.41, 5.74) is 0.523. The Labute approximate surface area is 128 Å². The van der Waals surface area contributed by atoms with Crippen LogP contribution in [0.15, 0.2) is 28.8 Å². The van der Waals surface area contributed by atoms with E-state index in [-0.39, 0.29) is 18.6 Å². The van der Waals surface area contributed by atoms with E-state index in [4.69, 9.17) is 9.26 Å². The number of benzene rings is 1. The fourth-order valence-electron chi connectivity index (χ4n) is 2.32. The van der Waals surface area contributed by atoms with Gasteiger partial charge in [-0.3, -0.25) is 4.79 Å². The Bertz CT molecular complexity index is 664. The normalized spacial score (nSPS) is 15.4. The molecular weight excluding hydrogens is 282 g/mol. The van der Waals surface area contributed by atoms with E-state index in [1.165, 1.54) is 12.8 Å². The van der Waals surface area contributed by atoms with Crippen LogP contribution in [0.3, 0.4) is 0 Å². The molecule has 0 radical (unpaired) electrons. The molecule has 2 aromatic rings. The quantitative estimate of drug-likeness (QED) is 0.887. The van der Waals surface area contributed by atoms with Crippen LogP contribution >= 0.6 is 0 Å². The van der Waals surface area contributed by atoms with E-state index in [0.717, 1.165) is 0 Å². The third kappa shape index (κ3) is 3.44. The van der Waals surface area contributed by atoms with Gasteiger partial charge in [0.1, 0.15) is 5.75 Å². The van der Waals surface area contributed by atoms with Crippen molar-refractivity contribution in [2.24, 2.45) is 5.92 Å². The predicted octanol–water partition coefficient (Wildman–Crippen LogP) is 2.49. The van der Waals surface area contributed by atoms with Crippen molar-refractivity contribution in [1.82, 2.24) is 15.5 Å². The average Bonchev–Trinajstić information content (AvgIpc) is 3.28. The molecule has 0 spiro atoms. The van der Waals surface area contributed by atoms with E-state index in [0.29, 0.717) is 28.9 Å². The highest BCUT2D eigenvalue weighted by molar-refractivity contribution is 5.97. The lowest BCUT2D eigenvalue weighted by Crippen LogP contribution is -2.34. The van der Waals surface area contributed by atoms with Crippen molar-refractivity contribution in [3.63, 3.8) is 0 Å². The third-order valence-electron chi connectivity index (χ3n) is 3.75. The number of nitrogens with zero attached hydrogens (tertiary/aromatic N) is 2. The molecule has 1 heterocycles. The minimum atomic E-state index is -0.112. The predicted molar refractivity (Wildman–Crippen MR) is 79.5 cm³/mol. The highest BCUT2D eigenvalue weighted by atomic mass is 16.5. The van der Waals surface area contributed by atoms with Gasteiger partial charge in [-0.25, -0.2) is 0 Å². The molecule has 0 saturated heterocycles. The van der Waals surface area contributed by atoms with Crippen molar-refractivity contribution in [2.45, 2.75) is 39.3 Å².